The second-order valence-corrected chi connectivity index (χ2v) is 16.4. The Balaban J connectivity index is 4.34. The average molecular weight is 737 g/mol. The summed E-state index contributed by atoms with van der Waals surface area (Å²) in [5.41, 5.74) is 0. The van der Waals surface area contributed by atoms with Crippen LogP contribution in [-0.2, 0) is 28.6 Å². The summed E-state index contributed by atoms with van der Waals surface area (Å²) < 4.78 is 16.7. The van der Waals surface area contributed by atoms with E-state index >= 15 is 0 Å². The average Bonchev–Trinajstić information content (AvgIpc) is 3.12. The van der Waals surface area contributed by atoms with Gasteiger partial charge in [0.05, 0.1) is 0 Å². The van der Waals surface area contributed by atoms with Crippen molar-refractivity contribution in [1.82, 2.24) is 0 Å². The lowest BCUT2D eigenvalue weighted by atomic mass is 10.00. The number of rotatable bonds is 40. The first-order chi connectivity index (χ1) is 25.3. The predicted octanol–water partition coefficient (Wildman–Crippen LogP) is 14.2. The minimum absolute atomic E-state index is 0.0657. The molecule has 0 bridgehead atoms. The van der Waals surface area contributed by atoms with Gasteiger partial charge in [-0.15, -0.1) is 0 Å². The topological polar surface area (TPSA) is 78.9 Å². The minimum atomic E-state index is -0.761. The van der Waals surface area contributed by atoms with Gasteiger partial charge in [0.15, 0.2) is 6.10 Å². The summed E-state index contributed by atoms with van der Waals surface area (Å²) >= 11 is 0. The zero-order valence-corrected chi connectivity index (χ0v) is 35.4. The molecule has 0 amide bonds. The van der Waals surface area contributed by atoms with Gasteiger partial charge in [-0.1, -0.05) is 208 Å². The molecule has 6 heteroatoms. The van der Waals surface area contributed by atoms with Crippen LogP contribution in [0.15, 0.2) is 0 Å². The van der Waals surface area contributed by atoms with Crippen molar-refractivity contribution in [2.75, 3.05) is 13.2 Å². The smallest absolute Gasteiger partial charge is 0.306 e. The molecule has 0 aliphatic rings. The lowest BCUT2D eigenvalue weighted by Gasteiger charge is -2.18. The van der Waals surface area contributed by atoms with E-state index in [2.05, 4.69) is 34.6 Å². The van der Waals surface area contributed by atoms with E-state index in [9.17, 15) is 14.4 Å². The third-order valence-electron chi connectivity index (χ3n) is 10.6. The van der Waals surface area contributed by atoms with E-state index in [1.165, 1.54) is 135 Å². The van der Waals surface area contributed by atoms with Gasteiger partial charge in [0.1, 0.15) is 13.2 Å². The number of carbonyl (C=O) groups is 3. The van der Waals surface area contributed by atoms with Crippen molar-refractivity contribution in [3.63, 3.8) is 0 Å². The molecule has 0 aliphatic carbocycles. The van der Waals surface area contributed by atoms with E-state index in [-0.39, 0.29) is 31.1 Å². The number of esters is 3. The molecule has 308 valence electrons. The summed E-state index contributed by atoms with van der Waals surface area (Å²) in [5, 5.41) is 0. The SMILES string of the molecule is CCCCCCCCCCCCCCC(=O)OC[C@@H](COC(=O)CCCCCCCCCCCC(C)C)OC(=O)CCCCCCCCC(C)CC. The van der Waals surface area contributed by atoms with Crippen molar-refractivity contribution in [3.8, 4) is 0 Å². The quantitative estimate of drug-likeness (QED) is 0.0354. The van der Waals surface area contributed by atoms with Crippen LogP contribution in [0, 0.1) is 11.8 Å². The van der Waals surface area contributed by atoms with Crippen LogP contribution in [0.25, 0.3) is 0 Å². The molecule has 0 aliphatic heterocycles. The van der Waals surface area contributed by atoms with Crippen molar-refractivity contribution in [3.05, 3.63) is 0 Å². The summed E-state index contributed by atoms with van der Waals surface area (Å²) in [6.45, 7) is 11.3. The van der Waals surface area contributed by atoms with Crippen molar-refractivity contribution < 1.29 is 28.6 Å². The Morgan fingerprint density at radius 3 is 1.10 bits per heavy atom. The largest absolute Gasteiger partial charge is 0.462 e. The Hall–Kier alpha value is -1.59. The lowest BCUT2D eigenvalue weighted by molar-refractivity contribution is -0.167. The van der Waals surface area contributed by atoms with E-state index in [0.29, 0.717) is 19.3 Å². The molecule has 0 aromatic heterocycles. The van der Waals surface area contributed by atoms with Gasteiger partial charge in [-0.3, -0.25) is 14.4 Å². The molecule has 0 rings (SSSR count). The highest BCUT2D eigenvalue weighted by atomic mass is 16.6. The van der Waals surface area contributed by atoms with Crippen LogP contribution in [0.2, 0.25) is 0 Å². The van der Waals surface area contributed by atoms with Crippen LogP contribution in [-0.4, -0.2) is 37.2 Å². The number of unbranched alkanes of at least 4 members (excludes halogenated alkanes) is 24. The molecule has 0 saturated heterocycles. The Kier molecular flexibility index (Phi) is 37.9. The first-order valence-corrected chi connectivity index (χ1v) is 22.8. The standard InChI is InChI=1S/C46H88O6/c1-6-8-9-10-11-12-13-14-17-20-26-31-36-44(47)50-39-43(52-46(49)38-33-28-23-22-25-30-35-42(5)7-2)40-51-45(48)37-32-27-21-18-15-16-19-24-29-34-41(3)4/h41-43H,6-40H2,1-5H3/t42?,43-/m0/s1. The number of carbonyl (C=O) groups excluding carboxylic acids is 3. The Morgan fingerprint density at radius 2 is 0.731 bits per heavy atom. The molecule has 0 aromatic carbocycles. The van der Waals surface area contributed by atoms with Crippen molar-refractivity contribution in [2.45, 2.75) is 253 Å². The van der Waals surface area contributed by atoms with Crippen LogP contribution in [0.1, 0.15) is 247 Å². The summed E-state index contributed by atoms with van der Waals surface area (Å²) in [6, 6.07) is 0. The predicted molar refractivity (Wildman–Crippen MR) is 220 cm³/mol. The minimum Gasteiger partial charge on any atom is -0.462 e. The Labute approximate surface area is 323 Å². The van der Waals surface area contributed by atoms with E-state index in [0.717, 1.165) is 69.6 Å². The van der Waals surface area contributed by atoms with Crippen molar-refractivity contribution in [2.24, 2.45) is 11.8 Å². The maximum absolute atomic E-state index is 12.7. The number of ether oxygens (including phenoxy) is 3. The number of hydrogen-bond donors (Lipinski definition) is 0. The molecule has 0 saturated carbocycles. The Morgan fingerprint density at radius 1 is 0.404 bits per heavy atom. The third-order valence-corrected chi connectivity index (χ3v) is 10.6. The summed E-state index contributed by atoms with van der Waals surface area (Å²) in [5.74, 6) is 0.757. The van der Waals surface area contributed by atoms with Crippen LogP contribution < -0.4 is 0 Å². The molecule has 0 N–H and O–H groups in total. The van der Waals surface area contributed by atoms with Crippen LogP contribution in [0.5, 0.6) is 0 Å². The highest BCUT2D eigenvalue weighted by Crippen LogP contribution is 2.17. The maximum Gasteiger partial charge on any atom is 0.306 e. The van der Waals surface area contributed by atoms with Gasteiger partial charge >= 0.3 is 17.9 Å². The molecule has 2 atom stereocenters. The maximum atomic E-state index is 12.7. The molecule has 0 fully saturated rings. The molecular formula is C46H88O6. The monoisotopic (exact) mass is 737 g/mol. The zero-order valence-electron chi connectivity index (χ0n) is 35.4. The fraction of sp³-hybridized carbons (Fsp3) is 0.935. The highest BCUT2D eigenvalue weighted by Gasteiger charge is 2.19. The molecular weight excluding hydrogens is 648 g/mol. The van der Waals surface area contributed by atoms with Gasteiger partial charge in [0, 0.05) is 19.3 Å². The van der Waals surface area contributed by atoms with E-state index < -0.39 is 6.10 Å². The van der Waals surface area contributed by atoms with Gasteiger partial charge in [0.2, 0.25) is 0 Å². The van der Waals surface area contributed by atoms with Gasteiger partial charge < -0.3 is 14.2 Å². The Bertz CT molecular complexity index is 796. The van der Waals surface area contributed by atoms with Gasteiger partial charge in [-0.2, -0.15) is 0 Å². The molecule has 0 aromatic rings. The first-order valence-electron chi connectivity index (χ1n) is 22.8. The summed E-state index contributed by atoms with van der Waals surface area (Å²) in [7, 11) is 0. The van der Waals surface area contributed by atoms with Gasteiger partial charge in [-0.25, -0.2) is 0 Å². The van der Waals surface area contributed by atoms with Crippen molar-refractivity contribution in [1.29, 1.82) is 0 Å². The molecule has 0 radical (unpaired) electrons. The van der Waals surface area contributed by atoms with Crippen LogP contribution >= 0.6 is 0 Å². The molecule has 0 spiro atoms. The third kappa shape index (κ3) is 38.1. The fourth-order valence-corrected chi connectivity index (χ4v) is 6.72. The van der Waals surface area contributed by atoms with Crippen molar-refractivity contribution >= 4 is 17.9 Å². The van der Waals surface area contributed by atoms with Gasteiger partial charge in [-0.05, 0) is 31.1 Å². The summed E-state index contributed by atoms with van der Waals surface area (Å²) in [6.07, 6.45) is 36.6. The molecule has 0 heterocycles. The van der Waals surface area contributed by atoms with Crippen LogP contribution in [0.3, 0.4) is 0 Å². The molecule has 6 nitrogen and oxygen atoms in total. The van der Waals surface area contributed by atoms with E-state index in [1.54, 1.807) is 0 Å². The number of hydrogen-bond acceptors (Lipinski definition) is 6. The lowest BCUT2D eigenvalue weighted by Crippen LogP contribution is -2.30. The summed E-state index contributed by atoms with van der Waals surface area (Å²) in [4.78, 5) is 37.7. The normalized spacial score (nSPS) is 12.6. The van der Waals surface area contributed by atoms with Gasteiger partial charge in [0.25, 0.3) is 0 Å². The highest BCUT2D eigenvalue weighted by molar-refractivity contribution is 5.71. The molecule has 1 unspecified atom stereocenters. The van der Waals surface area contributed by atoms with E-state index in [4.69, 9.17) is 14.2 Å². The van der Waals surface area contributed by atoms with E-state index in [1.807, 2.05) is 0 Å². The zero-order chi connectivity index (χ0) is 38.3. The molecule has 52 heavy (non-hydrogen) atoms. The fourth-order valence-electron chi connectivity index (χ4n) is 6.72. The first kappa shape index (κ1) is 50.4. The second-order valence-electron chi connectivity index (χ2n) is 16.4. The van der Waals surface area contributed by atoms with Crippen LogP contribution in [0.4, 0.5) is 0 Å². The second kappa shape index (κ2) is 39.1.